The summed E-state index contributed by atoms with van der Waals surface area (Å²) in [5, 5.41) is 4.82. The van der Waals surface area contributed by atoms with Gasteiger partial charge in [-0.1, -0.05) is 61.3 Å². The molecule has 3 aliphatic rings. The van der Waals surface area contributed by atoms with Gasteiger partial charge < -0.3 is 15.1 Å². The molecule has 1 saturated heterocycles. The van der Waals surface area contributed by atoms with Gasteiger partial charge in [0.25, 0.3) is 5.91 Å². The summed E-state index contributed by atoms with van der Waals surface area (Å²) in [5.74, 6) is -0.227. The highest BCUT2D eigenvalue weighted by molar-refractivity contribution is 8.18. The molecule has 0 unspecified atom stereocenters. The van der Waals surface area contributed by atoms with E-state index >= 15 is 0 Å². The van der Waals surface area contributed by atoms with Crippen molar-refractivity contribution >= 4 is 51.9 Å². The lowest BCUT2D eigenvalue weighted by Crippen LogP contribution is -2.36. The first kappa shape index (κ1) is 23.3. The molecule has 3 aliphatic heterocycles. The minimum absolute atomic E-state index is 0.0628. The number of amidine groups is 1. The molecule has 3 heterocycles. The number of nitrogens with one attached hydrogen (secondary N) is 1. The van der Waals surface area contributed by atoms with Gasteiger partial charge in [-0.15, -0.1) is 0 Å². The summed E-state index contributed by atoms with van der Waals surface area (Å²) in [4.78, 5) is 34.7. The van der Waals surface area contributed by atoms with E-state index in [4.69, 9.17) is 28.2 Å². The second-order valence-corrected chi connectivity index (χ2v) is 11.0. The molecule has 2 aromatic carbocycles. The summed E-state index contributed by atoms with van der Waals surface area (Å²) in [5.41, 5.74) is 2.39. The molecule has 0 bridgehead atoms. The van der Waals surface area contributed by atoms with Crippen molar-refractivity contribution in [2.75, 3.05) is 13.2 Å². The molecule has 6 nitrogen and oxygen atoms in total. The van der Waals surface area contributed by atoms with Crippen LogP contribution in [0.5, 0.6) is 0 Å². The fraction of sp³-hybridized carbons (Fsp3) is 0.320. The number of benzene rings is 2. The smallest absolute Gasteiger partial charge is 0.264 e. The highest BCUT2D eigenvalue weighted by Gasteiger charge is 2.53. The largest absolute Gasteiger partial charge is 0.337 e. The molecule has 1 N–H and O–H groups in total. The molecule has 0 aliphatic carbocycles. The molecule has 2 amide bonds. The Labute approximate surface area is 213 Å². The molecule has 34 heavy (non-hydrogen) atoms. The van der Waals surface area contributed by atoms with Gasteiger partial charge in [0.05, 0.1) is 12.7 Å². The summed E-state index contributed by atoms with van der Waals surface area (Å²) in [6, 6.07) is 15.4. The van der Waals surface area contributed by atoms with E-state index < -0.39 is 5.54 Å². The molecule has 1 fully saturated rings. The monoisotopic (exact) mass is 514 g/mol. The van der Waals surface area contributed by atoms with Gasteiger partial charge in [-0.2, -0.15) is 0 Å². The molecular weight excluding hydrogens is 491 g/mol. The van der Waals surface area contributed by atoms with Gasteiger partial charge in [-0.05, 0) is 60.0 Å². The van der Waals surface area contributed by atoms with Crippen LogP contribution in [0.2, 0.25) is 10.0 Å². The van der Waals surface area contributed by atoms with Gasteiger partial charge >= 0.3 is 0 Å². The average molecular weight is 515 g/mol. The van der Waals surface area contributed by atoms with E-state index in [0.717, 1.165) is 22.0 Å². The van der Waals surface area contributed by atoms with E-state index in [9.17, 15) is 9.59 Å². The third kappa shape index (κ3) is 3.80. The summed E-state index contributed by atoms with van der Waals surface area (Å²) in [6.07, 6.45) is 0. The SMILES string of the molecule is CC(C)C1=C(C(=O)N2CNC(=O)C2)SC2=N[C@@](C)(c3ccc(Cl)cc3)[C@@H](c3ccc(Cl)cc3)N21. The molecule has 0 saturated carbocycles. The fourth-order valence-electron chi connectivity index (χ4n) is 4.82. The number of carbonyl (C=O) groups is 2. The third-order valence-corrected chi connectivity index (χ3v) is 8.02. The Balaban J connectivity index is 1.64. The maximum absolute atomic E-state index is 13.4. The number of rotatable bonds is 4. The molecule has 2 atom stereocenters. The zero-order valence-corrected chi connectivity index (χ0v) is 21.3. The summed E-state index contributed by atoms with van der Waals surface area (Å²) in [7, 11) is 0. The topological polar surface area (TPSA) is 65.0 Å². The normalized spacial score (nSPS) is 24.1. The van der Waals surface area contributed by atoms with Crippen LogP contribution in [0.1, 0.15) is 37.9 Å². The fourth-order valence-corrected chi connectivity index (χ4v) is 6.45. The molecule has 5 rings (SSSR count). The van der Waals surface area contributed by atoms with Crippen molar-refractivity contribution in [2.24, 2.45) is 10.9 Å². The maximum atomic E-state index is 13.4. The number of fused-ring (bicyclic) bond motifs is 1. The van der Waals surface area contributed by atoms with Crippen molar-refractivity contribution in [1.82, 2.24) is 15.1 Å². The second kappa shape index (κ2) is 8.63. The van der Waals surface area contributed by atoms with Crippen LogP contribution in [-0.2, 0) is 15.1 Å². The molecule has 0 radical (unpaired) electrons. The molecule has 0 aromatic heterocycles. The van der Waals surface area contributed by atoms with Crippen LogP contribution in [-0.4, -0.2) is 40.0 Å². The highest BCUT2D eigenvalue weighted by Crippen LogP contribution is 2.56. The minimum Gasteiger partial charge on any atom is -0.337 e. The second-order valence-electron chi connectivity index (χ2n) is 9.11. The first-order valence-corrected chi connectivity index (χ1v) is 12.6. The standard InChI is InChI=1S/C25H24Cl2N4O2S/c1-14(2)20-21(23(33)30-12-19(32)28-13-30)34-24-29-25(3,16-6-10-18(27)11-7-16)22(31(20)24)15-4-8-17(26)9-5-15/h4-11,14,22H,12-13H2,1-3H3,(H,28,32)/t22-,25+/m1/s1. The number of carbonyl (C=O) groups excluding carboxylic acids is 2. The van der Waals surface area contributed by atoms with Crippen LogP contribution in [0.15, 0.2) is 64.1 Å². The van der Waals surface area contributed by atoms with E-state index in [1.165, 1.54) is 11.8 Å². The highest BCUT2D eigenvalue weighted by atomic mass is 35.5. The van der Waals surface area contributed by atoms with E-state index in [1.54, 1.807) is 4.90 Å². The molecule has 0 spiro atoms. The Kier molecular flexibility index (Phi) is 5.91. The first-order valence-electron chi connectivity index (χ1n) is 11.1. The van der Waals surface area contributed by atoms with Crippen molar-refractivity contribution in [2.45, 2.75) is 32.4 Å². The quantitative estimate of drug-likeness (QED) is 0.612. The molecule has 2 aromatic rings. The van der Waals surface area contributed by atoms with E-state index in [1.807, 2.05) is 48.5 Å². The zero-order valence-electron chi connectivity index (χ0n) is 19.0. The van der Waals surface area contributed by atoms with Gasteiger partial charge in [0.15, 0.2) is 5.17 Å². The maximum Gasteiger partial charge on any atom is 0.264 e. The Bertz CT molecular complexity index is 1230. The van der Waals surface area contributed by atoms with Gasteiger partial charge in [0, 0.05) is 15.7 Å². The minimum atomic E-state index is -0.610. The third-order valence-electron chi connectivity index (χ3n) is 6.45. The number of thioether (sulfide) groups is 1. The molecule has 176 valence electrons. The van der Waals surface area contributed by atoms with Crippen molar-refractivity contribution < 1.29 is 9.59 Å². The van der Waals surface area contributed by atoms with Crippen molar-refractivity contribution in [3.05, 3.63) is 80.3 Å². The van der Waals surface area contributed by atoms with Crippen LogP contribution in [0.25, 0.3) is 0 Å². The van der Waals surface area contributed by atoms with Crippen LogP contribution < -0.4 is 5.32 Å². The number of hydrogen-bond donors (Lipinski definition) is 1. The Morgan fingerprint density at radius 1 is 1.12 bits per heavy atom. The Hall–Kier alpha value is -2.48. The number of hydrogen-bond acceptors (Lipinski definition) is 5. The predicted octanol–water partition coefficient (Wildman–Crippen LogP) is 5.15. The van der Waals surface area contributed by atoms with Crippen LogP contribution >= 0.6 is 35.0 Å². The van der Waals surface area contributed by atoms with Gasteiger partial charge in [0.2, 0.25) is 5.91 Å². The average Bonchev–Trinajstić information content (AvgIpc) is 3.46. The van der Waals surface area contributed by atoms with E-state index in [0.29, 0.717) is 15.0 Å². The van der Waals surface area contributed by atoms with Gasteiger partial charge in [0.1, 0.15) is 17.0 Å². The summed E-state index contributed by atoms with van der Waals surface area (Å²) < 4.78 is 0. The van der Waals surface area contributed by atoms with Crippen LogP contribution in [0.3, 0.4) is 0 Å². The van der Waals surface area contributed by atoms with E-state index in [2.05, 4.69) is 31.0 Å². The van der Waals surface area contributed by atoms with Crippen molar-refractivity contribution in [3.63, 3.8) is 0 Å². The van der Waals surface area contributed by atoms with Gasteiger partial charge in [-0.3, -0.25) is 9.59 Å². The Morgan fingerprint density at radius 2 is 1.74 bits per heavy atom. The summed E-state index contributed by atoms with van der Waals surface area (Å²) in [6.45, 7) is 6.57. The van der Waals surface area contributed by atoms with Gasteiger partial charge in [-0.25, -0.2) is 4.99 Å². The Morgan fingerprint density at radius 3 is 2.29 bits per heavy atom. The lowest BCUT2D eigenvalue weighted by molar-refractivity contribution is -0.127. The first-order chi connectivity index (χ1) is 16.2. The zero-order chi connectivity index (χ0) is 24.2. The van der Waals surface area contributed by atoms with Crippen LogP contribution in [0, 0.1) is 5.92 Å². The number of allylic oxidation sites excluding steroid dienone is 1. The number of halogens is 2. The van der Waals surface area contributed by atoms with Crippen molar-refractivity contribution in [3.8, 4) is 0 Å². The lowest BCUT2D eigenvalue weighted by Gasteiger charge is -2.37. The summed E-state index contributed by atoms with van der Waals surface area (Å²) >= 11 is 13.8. The van der Waals surface area contributed by atoms with Crippen molar-refractivity contribution in [1.29, 1.82) is 0 Å². The number of amides is 2. The number of aliphatic imine (C=N–C) groups is 1. The van der Waals surface area contributed by atoms with Crippen LogP contribution in [0.4, 0.5) is 0 Å². The lowest BCUT2D eigenvalue weighted by atomic mass is 9.81. The van der Waals surface area contributed by atoms with E-state index in [-0.39, 0.29) is 37.0 Å². The predicted molar refractivity (Wildman–Crippen MR) is 136 cm³/mol. The molecular formula is C25H24Cl2N4O2S. The number of nitrogens with zero attached hydrogens (tertiary/aromatic N) is 3. The molecule has 9 heteroatoms.